The molecule has 0 spiro atoms. The minimum absolute atomic E-state index is 0. The summed E-state index contributed by atoms with van der Waals surface area (Å²) in [6.45, 7) is 8.83. The van der Waals surface area contributed by atoms with Crippen LogP contribution in [0.5, 0.6) is 0 Å². The van der Waals surface area contributed by atoms with Gasteiger partial charge in [0.25, 0.3) is 0 Å². The van der Waals surface area contributed by atoms with E-state index in [1.165, 1.54) is 6.26 Å². The van der Waals surface area contributed by atoms with Crippen LogP contribution in [0.1, 0.15) is 33.1 Å². The van der Waals surface area contributed by atoms with Crippen LogP contribution >= 0.6 is 24.0 Å². The van der Waals surface area contributed by atoms with Crippen LogP contribution in [-0.2, 0) is 19.4 Å². The lowest BCUT2D eigenvalue weighted by atomic mass is 10.1. The molecule has 0 unspecified atom stereocenters. The molecule has 172 valence electrons. The second kappa shape index (κ2) is 16.1. The Labute approximate surface area is 192 Å². The first-order valence-electron chi connectivity index (χ1n) is 10.1. The number of nitrogens with zero attached hydrogens (tertiary/aromatic N) is 2. The van der Waals surface area contributed by atoms with Crippen LogP contribution in [0.25, 0.3) is 0 Å². The fourth-order valence-corrected chi connectivity index (χ4v) is 3.23. The minimum Gasteiger partial charge on any atom is -0.378 e. The van der Waals surface area contributed by atoms with Gasteiger partial charge in [0, 0.05) is 38.5 Å². The van der Waals surface area contributed by atoms with Crippen molar-refractivity contribution in [2.45, 2.75) is 39.2 Å². The zero-order valence-electron chi connectivity index (χ0n) is 17.9. The lowest BCUT2D eigenvalue weighted by molar-refractivity contribution is -0.122. The topological polar surface area (TPSA) is 112 Å². The number of carbonyl (C=O) groups excluding carboxylic acids is 1. The van der Waals surface area contributed by atoms with Gasteiger partial charge in [0.15, 0.2) is 5.96 Å². The van der Waals surface area contributed by atoms with E-state index in [0.717, 1.165) is 51.4 Å². The van der Waals surface area contributed by atoms with Gasteiger partial charge < -0.3 is 20.7 Å². The van der Waals surface area contributed by atoms with E-state index in [4.69, 9.17) is 4.74 Å². The van der Waals surface area contributed by atoms with Crippen LogP contribution in [0.3, 0.4) is 0 Å². The highest BCUT2D eigenvalue weighted by molar-refractivity contribution is 14.0. The molecule has 1 saturated heterocycles. The molecule has 0 radical (unpaired) electrons. The summed E-state index contributed by atoms with van der Waals surface area (Å²) in [5.41, 5.74) is 0. The number of nitrogens with one attached hydrogen (secondary N) is 3. The Morgan fingerprint density at radius 1 is 1.17 bits per heavy atom. The van der Waals surface area contributed by atoms with Crippen molar-refractivity contribution in [1.29, 1.82) is 0 Å². The Hall–Kier alpha value is -0.660. The lowest BCUT2D eigenvalue weighted by Gasteiger charge is -2.32. The molecular formula is C18H38IN5O4S. The van der Waals surface area contributed by atoms with Crippen molar-refractivity contribution >= 4 is 45.7 Å². The molecule has 1 heterocycles. The van der Waals surface area contributed by atoms with Crippen molar-refractivity contribution in [3.8, 4) is 0 Å². The number of hydrogen-bond acceptors (Lipinski definition) is 6. The van der Waals surface area contributed by atoms with Crippen molar-refractivity contribution in [3.05, 3.63) is 0 Å². The van der Waals surface area contributed by atoms with E-state index in [0.29, 0.717) is 25.7 Å². The SMILES string of the molecule is CCCNC(=O)CN1CCC(NC(=NCCOCCS(C)(=O)=O)NCC)CC1.I. The third-order valence-electron chi connectivity index (χ3n) is 4.32. The van der Waals surface area contributed by atoms with Gasteiger partial charge in [-0.05, 0) is 26.2 Å². The molecule has 29 heavy (non-hydrogen) atoms. The number of likely N-dealkylation sites (tertiary alicyclic amines) is 1. The summed E-state index contributed by atoms with van der Waals surface area (Å²) in [6, 6.07) is 0.318. The monoisotopic (exact) mass is 547 g/mol. The summed E-state index contributed by atoms with van der Waals surface area (Å²) >= 11 is 0. The highest BCUT2D eigenvalue weighted by Gasteiger charge is 2.21. The van der Waals surface area contributed by atoms with E-state index < -0.39 is 9.84 Å². The standard InChI is InChI=1S/C18H37N5O4S.HI/c1-4-8-20-17(24)15-23-10-6-16(7-11-23)22-18(19-5-2)21-9-12-27-13-14-28(3,25)26;/h16H,4-15H2,1-3H3,(H,20,24)(H2,19,21,22);1H. The van der Waals surface area contributed by atoms with E-state index in [9.17, 15) is 13.2 Å². The first kappa shape index (κ1) is 28.3. The Morgan fingerprint density at radius 3 is 2.45 bits per heavy atom. The van der Waals surface area contributed by atoms with E-state index >= 15 is 0 Å². The van der Waals surface area contributed by atoms with Gasteiger partial charge in [-0.15, -0.1) is 24.0 Å². The van der Waals surface area contributed by atoms with Crippen molar-refractivity contribution < 1.29 is 17.9 Å². The number of amides is 1. The number of ether oxygens (including phenoxy) is 1. The highest BCUT2D eigenvalue weighted by Crippen LogP contribution is 2.09. The third kappa shape index (κ3) is 14.9. The molecule has 0 aromatic heterocycles. The molecule has 1 amide bonds. The summed E-state index contributed by atoms with van der Waals surface area (Å²) in [7, 11) is -2.99. The zero-order chi connectivity index (χ0) is 20.8. The molecule has 1 aliphatic heterocycles. The number of hydrogen-bond donors (Lipinski definition) is 3. The number of piperidine rings is 1. The summed E-state index contributed by atoms with van der Waals surface area (Å²) < 4.78 is 27.4. The molecule has 1 fully saturated rings. The molecule has 11 heteroatoms. The van der Waals surface area contributed by atoms with E-state index in [1.54, 1.807) is 0 Å². The Bertz CT molecular complexity index is 581. The summed E-state index contributed by atoms with van der Waals surface area (Å²) in [5, 5.41) is 9.58. The van der Waals surface area contributed by atoms with Crippen molar-refractivity contribution in [2.24, 2.45) is 4.99 Å². The number of halogens is 1. The van der Waals surface area contributed by atoms with Gasteiger partial charge in [-0.3, -0.25) is 14.7 Å². The number of aliphatic imine (C=N–C) groups is 1. The molecule has 0 aromatic carbocycles. The fraction of sp³-hybridized carbons (Fsp3) is 0.889. The predicted octanol–water partition coefficient (Wildman–Crippen LogP) is 0.211. The number of sulfone groups is 1. The van der Waals surface area contributed by atoms with E-state index in [2.05, 4.69) is 25.8 Å². The van der Waals surface area contributed by atoms with Crippen LogP contribution in [0, 0.1) is 0 Å². The van der Waals surface area contributed by atoms with Crippen molar-refractivity contribution in [2.75, 3.05) is 64.5 Å². The summed E-state index contributed by atoms with van der Waals surface area (Å²) in [6.07, 6.45) is 4.06. The van der Waals surface area contributed by atoms with Gasteiger partial charge in [0.05, 0.1) is 32.1 Å². The fourth-order valence-electron chi connectivity index (χ4n) is 2.81. The molecule has 0 saturated carbocycles. The van der Waals surface area contributed by atoms with Gasteiger partial charge in [0.1, 0.15) is 9.84 Å². The Balaban J connectivity index is 0.00000784. The second-order valence-electron chi connectivity index (χ2n) is 7.05. The molecule has 1 aliphatic rings. The molecule has 0 atom stereocenters. The largest absolute Gasteiger partial charge is 0.378 e. The molecule has 0 bridgehead atoms. The maximum atomic E-state index is 11.8. The highest BCUT2D eigenvalue weighted by atomic mass is 127. The van der Waals surface area contributed by atoms with Crippen molar-refractivity contribution in [1.82, 2.24) is 20.9 Å². The molecule has 0 aromatic rings. The van der Waals surface area contributed by atoms with Crippen LogP contribution < -0.4 is 16.0 Å². The predicted molar refractivity (Wildman–Crippen MR) is 128 cm³/mol. The molecular weight excluding hydrogens is 509 g/mol. The maximum Gasteiger partial charge on any atom is 0.234 e. The first-order chi connectivity index (χ1) is 13.3. The number of carbonyl (C=O) groups is 1. The zero-order valence-corrected chi connectivity index (χ0v) is 21.1. The van der Waals surface area contributed by atoms with Gasteiger partial charge in [0.2, 0.25) is 5.91 Å². The van der Waals surface area contributed by atoms with Crippen molar-refractivity contribution in [3.63, 3.8) is 0 Å². The third-order valence-corrected chi connectivity index (χ3v) is 5.22. The average Bonchev–Trinajstić information content (AvgIpc) is 2.63. The maximum absolute atomic E-state index is 11.8. The number of guanidine groups is 1. The van der Waals surface area contributed by atoms with Crippen LogP contribution in [0.15, 0.2) is 4.99 Å². The van der Waals surface area contributed by atoms with Crippen LogP contribution in [0.4, 0.5) is 0 Å². The molecule has 9 nitrogen and oxygen atoms in total. The van der Waals surface area contributed by atoms with Gasteiger partial charge in [-0.1, -0.05) is 6.92 Å². The average molecular weight is 548 g/mol. The summed E-state index contributed by atoms with van der Waals surface area (Å²) in [4.78, 5) is 18.5. The smallest absolute Gasteiger partial charge is 0.234 e. The molecule has 0 aliphatic carbocycles. The quantitative estimate of drug-likeness (QED) is 0.139. The molecule has 3 N–H and O–H groups in total. The van der Waals surface area contributed by atoms with E-state index in [1.807, 2.05) is 13.8 Å². The lowest BCUT2D eigenvalue weighted by Crippen LogP contribution is -2.50. The second-order valence-corrected chi connectivity index (χ2v) is 9.31. The van der Waals surface area contributed by atoms with Crippen LogP contribution in [-0.4, -0.2) is 95.7 Å². The van der Waals surface area contributed by atoms with Gasteiger partial charge >= 0.3 is 0 Å². The Morgan fingerprint density at radius 2 is 1.86 bits per heavy atom. The minimum atomic E-state index is -2.99. The first-order valence-corrected chi connectivity index (χ1v) is 12.2. The number of rotatable bonds is 12. The normalized spacial score (nSPS) is 16.2. The van der Waals surface area contributed by atoms with Gasteiger partial charge in [-0.2, -0.15) is 0 Å². The molecule has 1 rings (SSSR count). The van der Waals surface area contributed by atoms with Gasteiger partial charge in [-0.25, -0.2) is 8.42 Å². The Kier molecular flexibility index (Phi) is 15.7. The van der Waals surface area contributed by atoms with Crippen LogP contribution in [0.2, 0.25) is 0 Å². The van der Waals surface area contributed by atoms with E-state index in [-0.39, 0.29) is 42.2 Å². The summed E-state index contributed by atoms with van der Waals surface area (Å²) in [5.74, 6) is 0.872.